The van der Waals surface area contributed by atoms with Gasteiger partial charge >= 0.3 is 5.97 Å². The number of carboxylic acids is 1. The van der Waals surface area contributed by atoms with Crippen molar-refractivity contribution >= 4 is 17.3 Å². The fraction of sp³-hybridized carbons (Fsp3) is 0.278. The second kappa shape index (κ2) is 6.62. The van der Waals surface area contributed by atoms with Crippen LogP contribution < -0.4 is 0 Å². The zero-order chi connectivity index (χ0) is 18.3. The summed E-state index contributed by atoms with van der Waals surface area (Å²) >= 11 is 1.54. The van der Waals surface area contributed by atoms with E-state index in [0.29, 0.717) is 19.6 Å². The summed E-state index contributed by atoms with van der Waals surface area (Å²) in [6.07, 6.45) is 0. The molecule has 3 heterocycles. The molecule has 0 fully saturated rings. The van der Waals surface area contributed by atoms with E-state index in [2.05, 4.69) is 10.2 Å². The molecule has 0 spiro atoms. The van der Waals surface area contributed by atoms with Gasteiger partial charge in [0.25, 0.3) is 0 Å². The average molecular weight is 372 g/mol. The lowest BCUT2D eigenvalue weighted by Gasteiger charge is -2.33. The van der Waals surface area contributed by atoms with E-state index < -0.39 is 12.0 Å². The van der Waals surface area contributed by atoms with Crippen LogP contribution in [-0.4, -0.2) is 36.8 Å². The number of hydrogen-bond acceptors (Lipinski definition) is 5. The van der Waals surface area contributed by atoms with Crippen LogP contribution in [0.15, 0.2) is 36.4 Å². The lowest BCUT2D eigenvalue weighted by Crippen LogP contribution is -2.47. The Bertz CT molecular complexity index is 968. The van der Waals surface area contributed by atoms with E-state index in [1.54, 1.807) is 17.4 Å². The first-order chi connectivity index (χ1) is 12.5. The minimum Gasteiger partial charge on any atom is -0.480 e. The number of aliphatic carboxylic acids is 1. The molecule has 4 rings (SSSR count). The van der Waals surface area contributed by atoms with Crippen LogP contribution in [0.25, 0.3) is 10.4 Å². The van der Waals surface area contributed by atoms with Gasteiger partial charge in [-0.05, 0) is 36.8 Å². The third kappa shape index (κ3) is 3.13. The Balaban J connectivity index is 1.57. The molecule has 0 saturated carbocycles. The first-order valence-electron chi connectivity index (χ1n) is 8.21. The molecule has 1 N–H and O–H groups in total. The van der Waals surface area contributed by atoms with Crippen molar-refractivity contribution in [3.63, 3.8) is 0 Å². The van der Waals surface area contributed by atoms with Crippen molar-refractivity contribution in [3.8, 4) is 10.4 Å². The number of halogens is 1. The molecule has 8 heteroatoms. The lowest BCUT2D eigenvalue weighted by atomic mass is 10.1. The number of fused-ring (bicyclic) bond motifs is 1. The summed E-state index contributed by atoms with van der Waals surface area (Å²) in [7, 11) is 0. The number of carboxylic acid groups (broad SMARTS) is 1. The third-order valence-corrected chi connectivity index (χ3v) is 5.69. The van der Waals surface area contributed by atoms with Gasteiger partial charge in [0.05, 0.1) is 13.1 Å². The van der Waals surface area contributed by atoms with Crippen LogP contribution in [0, 0.1) is 12.7 Å². The first kappa shape index (κ1) is 16.9. The van der Waals surface area contributed by atoms with Gasteiger partial charge in [0, 0.05) is 16.3 Å². The van der Waals surface area contributed by atoms with Gasteiger partial charge < -0.3 is 9.67 Å². The summed E-state index contributed by atoms with van der Waals surface area (Å²) in [5.41, 5.74) is 0.824. The number of rotatable bonds is 4. The topological polar surface area (TPSA) is 71.2 Å². The Morgan fingerprint density at radius 1 is 1.35 bits per heavy atom. The zero-order valence-corrected chi connectivity index (χ0v) is 14.9. The summed E-state index contributed by atoms with van der Waals surface area (Å²) in [4.78, 5) is 15.6. The Hall–Kier alpha value is -2.58. The van der Waals surface area contributed by atoms with Crippen molar-refractivity contribution in [2.45, 2.75) is 32.6 Å². The van der Waals surface area contributed by atoms with E-state index in [1.165, 1.54) is 12.1 Å². The number of aromatic nitrogens is 3. The van der Waals surface area contributed by atoms with Crippen LogP contribution in [0.3, 0.4) is 0 Å². The van der Waals surface area contributed by atoms with Gasteiger partial charge in [-0.2, -0.15) is 0 Å². The second-order valence-electron chi connectivity index (χ2n) is 6.31. The molecule has 1 atom stereocenters. The fourth-order valence-corrected chi connectivity index (χ4v) is 4.25. The van der Waals surface area contributed by atoms with Gasteiger partial charge in [-0.15, -0.1) is 21.5 Å². The fourth-order valence-electron chi connectivity index (χ4n) is 3.22. The van der Waals surface area contributed by atoms with Gasteiger partial charge in [-0.25, -0.2) is 4.39 Å². The summed E-state index contributed by atoms with van der Waals surface area (Å²) < 4.78 is 15.3. The third-order valence-electron chi connectivity index (χ3n) is 4.57. The normalized spacial score (nSPS) is 17.2. The van der Waals surface area contributed by atoms with Crippen molar-refractivity contribution in [1.29, 1.82) is 0 Å². The molecule has 6 nitrogen and oxygen atoms in total. The maximum Gasteiger partial charge on any atom is 0.322 e. The molecular formula is C18H17FN4O2S. The zero-order valence-electron chi connectivity index (χ0n) is 14.1. The highest BCUT2D eigenvalue weighted by Crippen LogP contribution is 2.30. The molecule has 3 aromatic rings. The summed E-state index contributed by atoms with van der Waals surface area (Å²) in [6.45, 7) is 3.11. The molecule has 0 amide bonds. The predicted octanol–water partition coefficient (Wildman–Crippen LogP) is 2.92. The van der Waals surface area contributed by atoms with Crippen LogP contribution in [0.2, 0.25) is 0 Å². The van der Waals surface area contributed by atoms with Crippen molar-refractivity contribution in [3.05, 3.63) is 58.7 Å². The van der Waals surface area contributed by atoms with Crippen LogP contribution in [-0.2, 0) is 24.4 Å². The number of nitrogens with zero attached hydrogens (tertiary/aromatic N) is 4. The van der Waals surface area contributed by atoms with E-state index in [1.807, 2.05) is 34.6 Å². The molecule has 0 aliphatic carbocycles. The monoisotopic (exact) mass is 372 g/mol. The Morgan fingerprint density at radius 3 is 2.96 bits per heavy atom. The van der Waals surface area contributed by atoms with E-state index in [9.17, 15) is 14.3 Å². The van der Waals surface area contributed by atoms with Crippen molar-refractivity contribution in [2.24, 2.45) is 0 Å². The molecule has 2 aromatic heterocycles. The quantitative estimate of drug-likeness (QED) is 0.762. The van der Waals surface area contributed by atoms with Crippen LogP contribution in [0.1, 0.15) is 16.5 Å². The highest BCUT2D eigenvalue weighted by molar-refractivity contribution is 7.15. The van der Waals surface area contributed by atoms with Gasteiger partial charge in [-0.3, -0.25) is 9.69 Å². The number of benzene rings is 1. The molecule has 1 aliphatic rings. The molecule has 1 unspecified atom stereocenters. The predicted molar refractivity (Wildman–Crippen MR) is 95.1 cm³/mol. The molecule has 0 saturated heterocycles. The Morgan fingerprint density at radius 2 is 2.19 bits per heavy atom. The Labute approximate surface area is 153 Å². The van der Waals surface area contributed by atoms with Crippen molar-refractivity contribution in [2.75, 3.05) is 0 Å². The Kier molecular flexibility index (Phi) is 4.29. The standard InChI is InChI=1S/C18H17FN4O2S/c1-11-20-21-17-10-22(15(18(24)25)9-23(11)17)8-14-5-6-16(26-14)12-3-2-4-13(19)7-12/h2-7,15H,8-10H2,1H3,(H,24,25). The largest absolute Gasteiger partial charge is 0.480 e. The van der Waals surface area contributed by atoms with E-state index in [-0.39, 0.29) is 5.82 Å². The number of hydrogen-bond donors (Lipinski definition) is 1. The second-order valence-corrected chi connectivity index (χ2v) is 7.48. The van der Waals surface area contributed by atoms with Crippen LogP contribution in [0.5, 0.6) is 0 Å². The minimum absolute atomic E-state index is 0.269. The van der Waals surface area contributed by atoms with E-state index in [0.717, 1.165) is 27.0 Å². The molecule has 134 valence electrons. The van der Waals surface area contributed by atoms with Gasteiger partial charge in [0.1, 0.15) is 23.5 Å². The maximum atomic E-state index is 13.4. The van der Waals surface area contributed by atoms with Crippen molar-refractivity contribution in [1.82, 2.24) is 19.7 Å². The van der Waals surface area contributed by atoms with Gasteiger partial charge in [0.15, 0.2) is 0 Å². The summed E-state index contributed by atoms with van der Waals surface area (Å²) in [6, 6.07) is 9.75. The van der Waals surface area contributed by atoms with Crippen LogP contribution >= 0.6 is 11.3 Å². The van der Waals surface area contributed by atoms with Crippen LogP contribution in [0.4, 0.5) is 4.39 Å². The molecule has 0 bridgehead atoms. The molecule has 0 radical (unpaired) electrons. The number of thiophene rings is 1. The minimum atomic E-state index is -0.856. The first-order valence-corrected chi connectivity index (χ1v) is 9.03. The molecular weight excluding hydrogens is 355 g/mol. The molecule has 1 aliphatic heterocycles. The van der Waals surface area contributed by atoms with Crippen molar-refractivity contribution < 1.29 is 14.3 Å². The number of aryl methyl sites for hydroxylation is 1. The van der Waals surface area contributed by atoms with E-state index >= 15 is 0 Å². The summed E-state index contributed by atoms with van der Waals surface area (Å²) in [5.74, 6) is 0.386. The highest BCUT2D eigenvalue weighted by atomic mass is 32.1. The molecule has 1 aromatic carbocycles. The smallest absolute Gasteiger partial charge is 0.322 e. The maximum absolute atomic E-state index is 13.4. The average Bonchev–Trinajstić information content (AvgIpc) is 3.21. The van der Waals surface area contributed by atoms with Gasteiger partial charge in [-0.1, -0.05) is 12.1 Å². The SMILES string of the molecule is Cc1nnc2n1CC(C(=O)O)N(Cc1ccc(-c3cccc(F)c3)s1)C2. The van der Waals surface area contributed by atoms with Gasteiger partial charge in [0.2, 0.25) is 0 Å². The van der Waals surface area contributed by atoms with E-state index in [4.69, 9.17) is 0 Å². The summed E-state index contributed by atoms with van der Waals surface area (Å²) in [5, 5.41) is 17.8. The lowest BCUT2D eigenvalue weighted by molar-refractivity contribution is -0.145. The number of carbonyl (C=O) groups is 1. The highest BCUT2D eigenvalue weighted by Gasteiger charge is 2.33. The molecule has 26 heavy (non-hydrogen) atoms.